The number of hydrogen-bond acceptors (Lipinski definition) is 5. The van der Waals surface area contributed by atoms with Crippen molar-refractivity contribution in [2.45, 2.75) is 20.3 Å². The van der Waals surface area contributed by atoms with Crippen LogP contribution in [0.1, 0.15) is 30.6 Å². The van der Waals surface area contributed by atoms with E-state index >= 15 is 0 Å². The van der Waals surface area contributed by atoms with Crippen LogP contribution >= 0.6 is 0 Å². The van der Waals surface area contributed by atoms with Crippen molar-refractivity contribution >= 4 is 11.8 Å². The predicted molar refractivity (Wildman–Crippen MR) is 85.1 cm³/mol. The summed E-state index contributed by atoms with van der Waals surface area (Å²) in [5.41, 5.74) is 5.09. The lowest BCUT2D eigenvalue weighted by atomic mass is 10.2. The molecule has 0 saturated heterocycles. The number of carbonyl (C=O) groups is 2. The van der Waals surface area contributed by atoms with Crippen LogP contribution in [0, 0.1) is 0 Å². The Labute approximate surface area is 136 Å². The van der Waals surface area contributed by atoms with E-state index in [2.05, 4.69) is 10.9 Å². The zero-order valence-corrected chi connectivity index (χ0v) is 13.6. The van der Waals surface area contributed by atoms with Crippen molar-refractivity contribution < 1.29 is 23.8 Å². The molecule has 1 aromatic rings. The van der Waals surface area contributed by atoms with Crippen LogP contribution in [0.15, 0.2) is 24.3 Å². The molecule has 0 atom stereocenters. The van der Waals surface area contributed by atoms with E-state index in [1.807, 2.05) is 13.8 Å². The summed E-state index contributed by atoms with van der Waals surface area (Å²) in [7, 11) is 0. The summed E-state index contributed by atoms with van der Waals surface area (Å²) >= 11 is 0. The second kappa shape index (κ2) is 11.4. The van der Waals surface area contributed by atoms with Crippen LogP contribution in [-0.4, -0.2) is 44.8 Å². The number of amides is 2. The van der Waals surface area contributed by atoms with E-state index < -0.39 is 5.91 Å². The molecule has 7 nitrogen and oxygen atoms in total. The van der Waals surface area contributed by atoms with Crippen molar-refractivity contribution in [2.75, 3.05) is 33.0 Å². The van der Waals surface area contributed by atoms with E-state index in [0.29, 0.717) is 44.3 Å². The minimum atomic E-state index is -0.412. The summed E-state index contributed by atoms with van der Waals surface area (Å²) in [6.07, 6.45) is 0.189. The molecule has 0 aromatic heterocycles. The first-order chi connectivity index (χ1) is 11.2. The molecule has 0 saturated carbocycles. The van der Waals surface area contributed by atoms with Crippen molar-refractivity contribution in [1.29, 1.82) is 0 Å². The molecule has 0 radical (unpaired) electrons. The van der Waals surface area contributed by atoms with E-state index in [4.69, 9.17) is 14.2 Å². The molecular weight excluding hydrogens is 300 g/mol. The van der Waals surface area contributed by atoms with Gasteiger partial charge >= 0.3 is 0 Å². The molecule has 1 aromatic carbocycles. The van der Waals surface area contributed by atoms with Gasteiger partial charge in [-0.2, -0.15) is 0 Å². The number of hydrogen-bond donors (Lipinski definition) is 2. The van der Waals surface area contributed by atoms with Gasteiger partial charge in [0, 0.05) is 18.8 Å². The molecule has 0 bridgehead atoms. The Balaban J connectivity index is 2.39. The highest BCUT2D eigenvalue weighted by Crippen LogP contribution is 2.13. The molecule has 0 aliphatic rings. The number of rotatable bonds is 10. The molecule has 128 valence electrons. The molecular formula is C16H24N2O5. The van der Waals surface area contributed by atoms with E-state index in [0.717, 1.165) is 0 Å². The monoisotopic (exact) mass is 324 g/mol. The lowest BCUT2D eigenvalue weighted by Crippen LogP contribution is -2.41. The van der Waals surface area contributed by atoms with Crippen molar-refractivity contribution in [1.82, 2.24) is 10.9 Å². The minimum Gasteiger partial charge on any atom is -0.491 e. The highest BCUT2D eigenvalue weighted by atomic mass is 16.5. The van der Waals surface area contributed by atoms with Gasteiger partial charge in [-0.3, -0.25) is 20.4 Å². The number of benzene rings is 1. The van der Waals surface area contributed by atoms with Crippen LogP contribution in [-0.2, 0) is 14.3 Å². The van der Waals surface area contributed by atoms with E-state index in [-0.39, 0.29) is 12.3 Å². The van der Waals surface area contributed by atoms with Crippen LogP contribution in [0.5, 0.6) is 5.75 Å². The molecule has 2 amide bonds. The molecule has 0 aliphatic carbocycles. The molecule has 23 heavy (non-hydrogen) atoms. The van der Waals surface area contributed by atoms with Gasteiger partial charge in [0.15, 0.2) is 0 Å². The fourth-order valence-corrected chi connectivity index (χ4v) is 1.66. The maximum Gasteiger partial charge on any atom is 0.269 e. The molecule has 0 heterocycles. The van der Waals surface area contributed by atoms with Gasteiger partial charge in [-0.05, 0) is 32.0 Å². The fraction of sp³-hybridized carbons (Fsp3) is 0.500. The van der Waals surface area contributed by atoms with E-state index in [1.54, 1.807) is 24.3 Å². The summed E-state index contributed by atoms with van der Waals surface area (Å²) in [6.45, 7) is 6.17. The van der Waals surface area contributed by atoms with Crippen LogP contribution in [0.25, 0.3) is 0 Å². The average molecular weight is 324 g/mol. The molecule has 0 fully saturated rings. The van der Waals surface area contributed by atoms with Gasteiger partial charge in [0.1, 0.15) is 12.4 Å². The zero-order chi connectivity index (χ0) is 16.9. The van der Waals surface area contributed by atoms with Crippen molar-refractivity contribution in [2.24, 2.45) is 0 Å². The Morgan fingerprint density at radius 2 is 1.74 bits per heavy atom. The maximum atomic E-state index is 12.0. The second-order valence-electron chi connectivity index (χ2n) is 4.52. The largest absolute Gasteiger partial charge is 0.491 e. The van der Waals surface area contributed by atoms with Crippen LogP contribution in [0.4, 0.5) is 0 Å². The number of ether oxygens (including phenoxy) is 3. The Hall–Kier alpha value is -2.12. The number of carbonyl (C=O) groups excluding carboxylic acids is 2. The lowest BCUT2D eigenvalue weighted by Gasteiger charge is -2.09. The molecule has 7 heteroatoms. The minimum absolute atomic E-state index is 0.189. The summed E-state index contributed by atoms with van der Waals surface area (Å²) in [5, 5.41) is 0. The Bertz CT molecular complexity index is 493. The first-order valence-electron chi connectivity index (χ1n) is 7.64. The van der Waals surface area contributed by atoms with Gasteiger partial charge in [0.25, 0.3) is 5.91 Å². The summed E-state index contributed by atoms with van der Waals surface area (Å²) in [6, 6.07) is 6.70. The van der Waals surface area contributed by atoms with Crippen LogP contribution < -0.4 is 15.6 Å². The van der Waals surface area contributed by atoms with Gasteiger partial charge in [-0.15, -0.1) is 0 Å². The Morgan fingerprint density at radius 3 is 2.48 bits per heavy atom. The lowest BCUT2D eigenvalue weighted by molar-refractivity contribution is -0.122. The third-order valence-corrected chi connectivity index (χ3v) is 2.79. The van der Waals surface area contributed by atoms with E-state index in [1.165, 1.54) is 0 Å². The van der Waals surface area contributed by atoms with Gasteiger partial charge in [-0.25, -0.2) is 0 Å². The molecule has 1 rings (SSSR count). The third kappa shape index (κ3) is 8.18. The quantitative estimate of drug-likeness (QED) is 0.500. The molecule has 0 spiro atoms. The second-order valence-corrected chi connectivity index (χ2v) is 4.52. The third-order valence-electron chi connectivity index (χ3n) is 2.79. The van der Waals surface area contributed by atoms with Gasteiger partial charge in [0.05, 0.1) is 19.6 Å². The maximum absolute atomic E-state index is 12.0. The highest BCUT2D eigenvalue weighted by Gasteiger charge is 2.08. The van der Waals surface area contributed by atoms with Gasteiger partial charge < -0.3 is 14.2 Å². The van der Waals surface area contributed by atoms with Crippen molar-refractivity contribution in [3.05, 3.63) is 29.8 Å². The van der Waals surface area contributed by atoms with Crippen molar-refractivity contribution in [3.63, 3.8) is 0 Å². The molecule has 0 unspecified atom stereocenters. The summed E-state index contributed by atoms with van der Waals surface area (Å²) in [4.78, 5) is 23.4. The molecule has 2 N–H and O–H groups in total. The first kappa shape index (κ1) is 18.9. The highest BCUT2D eigenvalue weighted by molar-refractivity contribution is 5.95. The standard InChI is InChI=1S/C16H24N2O5/c1-3-21-9-8-15(19)17-18-16(20)13-6-5-7-14(12-13)23-11-10-22-4-2/h5-7,12H,3-4,8-11H2,1-2H3,(H,17,19)(H,18,20). The fourth-order valence-electron chi connectivity index (χ4n) is 1.66. The first-order valence-corrected chi connectivity index (χ1v) is 7.64. The topological polar surface area (TPSA) is 85.9 Å². The van der Waals surface area contributed by atoms with E-state index in [9.17, 15) is 9.59 Å². The Kier molecular flexibility index (Phi) is 9.42. The van der Waals surface area contributed by atoms with Crippen LogP contribution in [0.2, 0.25) is 0 Å². The van der Waals surface area contributed by atoms with Gasteiger partial charge in [0.2, 0.25) is 5.91 Å². The SMILES string of the molecule is CCOCCOc1cccc(C(=O)NNC(=O)CCOCC)c1. The normalized spacial score (nSPS) is 10.2. The smallest absolute Gasteiger partial charge is 0.269 e. The van der Waals surface area contributed by atoms with Gasteiger partial charge in [-0.1, -0.05) is 6.07 Å². The number of hydrazine groups is 1. The van der Waals surface area contributed by atoms with Crippen LogP contribution in [0.3, 0.4) is 0 Å². The predicted octanol–water partition coefficient (Wildman–Crippen LogP) is 1.29. The Morgan fingerprint density at radius 1 is 1.00 bits per heavy atom. The molecule has 0 aliphatic heterocycles. The van der Waals surface area contributed by atoms with Crippen molar-refractivity contribution in [3.8, 4) is 5.75 Å². The summed E-state index contributed by atoms with van der Waals surface area (Å²) in [5.74, 6) is -0.152. The zero-order valence-electron chi connectivity index (χ0n) is 13.6. The number of nitrogens with one attached hydrogen (secondary N) is 2. The average Bonchev–Trinajstić information content (AvgIpc) is 2.57. The summed E-state index contributed by atoms with van der Waals surface area (Å²) < 4.78 is 15.7.